The van der Waals surface area contributed by atoms with Crippen LogP contribution in [0.5, 0.6) is 5.75 Å². The molecule has 1 aromatic carbocycles. The van der Waals surface area contributed by atoms with Crippen LogP contribution < -0.4 is 9.74 Å². The number of halogens is 1. The molecule has 0 fully saturated rings. The van der Waals surface area contributed by atoms with E-state index in [1.807, 2.05) is 26.2 Å². The van der Waals surface area contributed by atoms with E-state index in [4.69, 9.17) is 25.5 Å². The quantitative estimate of drug-likeness (QED) is 0.216. The van der Waals surface area contributed by atoms with Crippen molar-refractivity contribution in [2.75, 3.05) is 18.4 Å². The summed E-state index contributed by atoms with van der Waals surface area (Å²) in [6, 6.07) is 6.94. The maximum Gasteiger partial charge on any atom is 0.348 e. The van der Waals surface area contributed by atoms with Crippen LogP contribution in [0.4, 0.5) is 5.69 Å². The average molecular weight is 625 g/mol. The van der Waals surface area contributed by atoms with Gasteiger partial charge in [0.2, 0.25) is 14.2 Å². The number of anilines is 1. The summed E-state index contributed by atoms with van der Waals surface area (Å²) in [6.45, 7) is 21.6. The average Bonchev–Trinajstić information content (AvgIpc) is 3.20. The molecule has 0 atom stereocenters. The van der Waals surface area contributed by atoms with Gasteiger partial charge in [0.25, 0.3) is 0 Å². The van der Waals surface area contributed by atoms with E-state index in [2.05, 4.69) is 39.2 Å². The van der Waals surface area contributed by atoms with Crippen molar-refractivity contribution in [2.45, 2.75) is 98.2 Å². The van der Waals surface area contributed by atoms with Crippen LogP contribution in [-0.4, -0.2) is 55.4 Å². The molecule has 0 saturated carbocycles. The Morgan fingerprint density at radius 1 is 0.927 bits per heavy atom. The smallest absolute Gasteiger partial charge is 0.348 e. The van der Waals surface area contributed by atoms with Gasteiger partial charge < -0.3 is 19.2 Å². The van der Waals surface area contributed by atoms with Crippen molar-refractivity contribution in [3.8, 4) is 5.75 Å². The number of thiophene rings is 1. The second kappa shape index (κ2) is 13.3. The van der Waals surface area contributed by atoms with Crippen LogP contribution in [0.25, 0.3) is 0 Å². The molecular weight excluding hydrogens is 580 g/mol. The number of benzene rings is 1. The van der Waals surface area contributed by atoms with Crippen molar-refractivity contribution in [1.29, 1.82) is 0 Å². The zero-order valence-electron chi connectivity index (χ0n) is 26.2. The summed E-state index contributed by atoms with van der Waals surface area (Å²) in [5.74, 6) is -0.570. The second-order valence-electron chi connectivity index (χ2n) is 13.6. The summed E-state index contributed by atoms with van der Waals surface area (Å²) in [6.07, 6.45) is 0. The number of nitrogens with one attached hydrogen (secondary N) is 1. The number of esters is 2. The Balaban J connectivity index is 2.16. The van der Waals surface area contributed by atoms with Crippen LogP contribution in [0, 0.1) is 0 Å². The van der Waals surface area contributed by atoms with E-state index in [-0.39, 0.29) is 30.6 Å². The molecule has 0 aliphatic heterocycles. The summed E-state index contributed by atoms with van der Waals surface area (Å²) < 4.78 is 17.3. The molecule has 0 aliphatic rings. The molecule has 2 rings (SSSR count). The molecule has 0 unspecified atom stereocenters. The van der Waals surface area contributed by atoms with Gasteiger partial charge in [-0.3, -0.25) is 14.5 Å². The van der Waals surface area contributed by atoms with Gasteiger partial charge in [-0.1, -0.05) is 32.4 Å². The standard InChI is InChI=1S/C30H45ClN2O6SSi/c1-28(2,3)37-26(35)18-33(16-20-14-24(40-19-20)27(36)38-29(4,5)6)17-25(34)32-23-13-12-21(15-22(23)31)39-41(10,11)30(7,8)9/h12-15,19H,16-18H2,1-11H3,(H,32,34). The lowest BCUT2D eigenvalue weighted by molar-refractivity contribution is -0.156. The molecule has 11 heteroatoms. The van der Waals surface area contributed by atoms with E-state index in [1.54, 1.807) is 49.9 Å². The van der Waals surface area contributed by atoms with Crippen LogP contribution >= 0.6 is 22.9 Å². The van der Waals surface area contributed by atoms with Gasteiger partial charge in [-0.25, -0.2) is 4.79 Å². The van der Waals surface area contributed by atoms with E-state index in [1.165, 1.54) is 11.3 Å². The molecular formula is C30H45ClN2O6SSi. The number of ether oxygens (including phenoxy) is 2. The number of nitrogens with zero attached hydrogens (tertiary/aromatic N) is 1. The zero-order chi connectivity index (χ0) is 31.4. The number of carbonyl (C=O) groups excluding carboxylic acids is 3. The van der Waals surface area contributed by atoms with Crippen LogP contribution in [0.3, 0.4) is 0 Å². The van der Waals surface area contributed by atoms with Gasteiger partial charge in [-0.2, -0.15) is 0 Å². The fraction of sp³-hybridized carbons (Fsp3) is 0.567. The third-order valence-corrected chi connectivity index (χ3v) is 11.8. The molecule has 0 radical (unpaired) electrons. The van der Waals surface area contributed by atoms with Crippen molar-refractivity contribution in [2.24, 2.45) is 0 Å². The van der Waals surface area contributed by atoms with Gasteiger partial charge in [0.05, 0.1) is 23.8 Å². The van der Waals surface area contributed by atoms with Gasteiger partial charge in [0, 0.05) is 6.54 Å². The van der Waals surface area contributed by atoms with Gasteiger partial charge in [0.1, 0.15) is 21.8 Å². The minimum absolute atomic E-state index is 0.0279. The summed E-state index contributed by atoms with van der Waals surface area (Å²) in [5, 5.41) is 5.04. The van der Waals surface area contributed by atoms with Crippen molar-refractivity contribution in [3.05, 3.63) is 45.1 Å². The predicted octanol–water partition coefficient (Wildman–Crippen LogP) is 7.52. The first-order valence-electron chi connectivity index (χ1n) is 13.6. The Morgan fingerprint density at radius 3 is 2.07 bits per heavy atom. The Kier molecular flexibility index (Phi) is 11.3. The fourth-order valence-corrected chi connectivity index (χ4v) is 5.40. The van der Waals surface area contributed by atoms with Gasteiger partial charge >= 0.3 is 11.9 Å². The molecule has 41 heavy (non-hydrogen) atoms. The van der Waals surface area contributed by atoms with Crippen molar-refractivity contribution in [1.82, 2.24) is 4.90 Å². The van der Waals surface area contributed by atoms with Gasteiger partial charge in [-0.05, 0) is 94.9 Å². The molecule has 8 nitrogen and oxygen atoms in total. The normalized spacial score (nSPS) is 12.7. The first-order chi connectivity index (χ1) is 18.5. The lowest BCUT2D eigenvalue weighted by Crippen LogP contribution is -2.43. The first-order valence-corrected chi connectivity index (χ1v) is 17.7. The van der Waals surface area contributed by atoms with Crippen molar-refractivity contribution < 1.29 is 28.3 Å². The number of hydrogen-bond donors (Lipinski definition) is 1. The highest BCUT2D eigenvalue weighted by Gasteiger charge is 2.39. The summed E-state index contributed by atoms with van der Waals surface area (Å²) in [4.78, 5) is 40.3. The largest absolute Gasteiger partial charge is 0.543 e. The number of rotatable bonds is 10. The molecule has 0 aliphatic carbocycles. The van der Waals surface area contributed by atoms with Crippen molar-refractivity contribution >= 4 is 54.8 Å². The van der Waals surface area contributed by atoms with E-state index in [0.717, 1.165) is 5.56 Å². The second-order valence-corrected chi connectivity index (χ2v) is 19.6. The minimum atomic E-state index is -2.05. The van der Waals surface area contributed by atoms with Gasteiger partial charge in [0.15, 0.2) is 0 Å². The topological polar surface area (TPSA) is 94.2 Å². The van der Waals surface area contributed by atoms with E-state index in [0.29, 0.717) is 21.3 Å². The number of hydrogen-bond acceptors (Lipinski definition) is 8. The van der Waals surface area contributed by atoms with E-state index >= 15 is 0 Å². The SMILES string of the molecule is CC(C)(C)OC(=O)CN(CC(=O)Nc1ccc(O[Si](C)(C)C(C)(C)C)cc1Cl)Cc1csc(C(=O)OC(C)(C)C)c1. The molecule has 2 aromatic rings. The third kappa shape index (κ3) is 11.8. The van der Waals surface area contributed by atoms with Crippen LogP contribution in [-0.2, 0) is 25.6 Å². The van der Waals surface area contributed by atoms with Crippen LogP contribution in [0.2, 0.25) is 23.2 Å². The Hall–Kier alpha value is -2.40. The first kappa shape index (κ1) is 34.8. The van der Waals surface area contributed by atoms with E-state index in [9.17, 15) is 14.4 Å². The Bertz CT molecular complexity index is 1240. The summed E-state index contributed by atoms with van der Waals surface area (Å²) >= 11 is 7.76. The Morgan fingerprint density at radius 2 is 1.54 bits per heavy atom. The lowest BCUT2D eigenvalue weighted by Gasteiger charge is -2.36. The van der Waals surface area contributed by atoms with Gasteiger partial charge in [-0.15, -0.1) is 11.3 Å². The zero-order valence-corrected chi connectivity index (χ0v) is 28.8. The van der Waals surface area contributed by atoms with Crippen LogP contribution in [0.1, 0.15) is 77.5 Å². The predicted molar refractivity (Wildman–Crippen MR) is 169 cm³/mol. The minimum Gasteiger partial charge on any atom is -0.543 e. The molecule has 1 amide bonds. The monoisotopic (exact) mass is 624 g/mol. The summed E-state index contributed by atoms with van der Waals surface area (Å²) in [5.41, 5.74) is -0.0612. The Labute approximate surface area is 254 Å². The molecule has 1 aromatic heterocycles. The highest BCUT2D eigenvalue weighted by Crippen LogP contribution is 2.38. The molecule has 1 heterocycles. The number of carbonyl (C=O) groups is 3. The highest BCUT2D eigenvalue weighted by atomic mass is 35.5. The molecule has 1 N–H and O–H groups in total. The van der Waals surface area contributed by atoms with Crippen LogP contribution in [0.15, 0.2) is 29.6 Å². The maximum absolute atomic E-state index is 13.1. The maximum atomic E-state index is 13.1. The molecule has 0 spiro atoms. The molecule has 0 saturated heterocycles. The molecule has 228 valence electrons. The third-order valence-electron chi connectivity index (χ3n) is 6.19. The van der Waals surface area contributed by atoms with E-state index < -0.39 is 31.5 Å². The number of amides is 1. The lowest BCUT2D eigenvalue weighted by atomic mass is 10.2. The summed E-state index contributed by atoms with van der Waals surface area (Å²) in [7, 11) is -2.05. The van der Waals surface area contributed by atoms with Crippen molar-refractivity contribution in [3.63, 3.8) is 0 Å². The fourth-order valence-electron chi connectivity index (χ4n) is 3.38. The highest BCUT2D eigenvalue weighted by molar-refractivity contribution is 7.12. The molecule has 0 bridgehead atoms.